The first-order chi connectivity index (χ1) is 13.6. The molecule has 2 heterocycles. The van der Waals surface area contributed by atoms with Crippen LogP contribution in [0.25, 0.3) is 22.3 Å². The van der Waals surface area contributed by atoms with Gasteiger partial charge in [-0.15, -0.1) is 0 Å². The number of carbonyl (C=O) groups excluding carboxylic acids is 1. The van der Waals surface area contributed by atoms with Gasteiger partial charge in [-0.25, -0.2) is 9.37 Å². The summed E-state index contributed by atoms with van der Waals surface area (Å²) in [5, 5.41) is 13.8. The van der Waals surface area contributed by atoms with Gasteiger partial charge in [0.25, 0.3) is 0 Å². The molecule has 0 saturated heterocycles. The molecule has 28 heavy (non-hydrogen) atoms. The van der Waals surface area contributed by atoms with Crippen LogP contribution in [0.3, 0.4) is 0 Å². The van der Waals surface area contributed by atoms with Crippen molar-refractivity contribution >= 4 is 39.8 Å². The van der Waals surface area contributed by atoms with E-state index in [4.69, 9.17) is 11.6 Å². The van der Waals surface area contributed by atoms with E-state index in [1.807, 2.05) is 18.2 Å². The number of rotatable bonds is 5. The van der Waals surface area contributed by atoms with Crippen molar-refractivity contribution in [3.8, 4) is 11.4 Å². The van der Waals surface area contributed by atoms with Crippen molar-refractivity contribution in [2.45, 2.75) is 0 Å². The van der Waals surface area contributed by atoms with Crippen LogP contribution in [0.1, 0.15) is 0 Å². The lowest BCUT2D eigenvalue weighted by molar-refractivity contribution is -0.114. The number of amides is 1. The highest BCUT2D eigenvalue weighted by atomic mass is 35.5. The van der Waals surface area contributed by atoms with Crippen LogP contribution in [-0.4, -0.2) is 27.6 Å². The summed E-state index contributed by atoms with van der Waals surface area (Å²) in [5.41, 5.74) is 3.26. The Hall–Kier alpha value is -3.45. The van der Waals surface area contributed by atoms with Gasteiger partial charge in [-0.3, -0.25) is 9.89 Å². The predicted octanol–water partition coefficient (Wildman–Crippen LogP) is 4.47. The van der Waals surface area contributed by atoms with Crippen molar-refractivity contribution in [2.24, 2.45) is 0 Å². The predicted molar refractivity (Wildman–Crippen MR) is 108 cm³/mol. The van der Waals surface area contributed by atoms with Crippen molar-refractivity contribution in [3.05, 3.63) is 71.6 Å². The lowest BCUT2D eigenvalue weighted by Gasteiger charge is -2.12. The first kappa shape index (κ1) is 17.9. The van der Waals surface area contributed by atoms with E-state index >= 15 is 0 Å². The van der Waals surface area contributed by atoms with Crippen LogP contribution >= 0.6 is 11.6 Å². The highest BCUT2D eigenvalue weighted by Gasteiger charge is 2.12. The van der Waals surface area contributed by atoms with Crippen molar-refractivity contribution < 1.29 is 9.18 Å². The second-order valence-corrected chi connectivity index (χ2v) is 6.46. The van der Waals surface area contributed by atoms with E-state index in [1.54, 1.807) is 30.5 Å². The second kappa shape index (κ2) is 7.66. The number of hydrogen-bond acceptors (Lipinski definition) is 4. The summed E-state index contributed by atoms with van der Waals surface area (Å²) >= 11 is 6.30. The third-order valence-corrected chi connectivity index (χ3v) is 4.46. The number of nitrogens with zero attached hydrogens (tertiary/aromatic N) is 2. The van der Waals surface area contributed by atoms with Gasteiger partial charge in [0, 0.05) is 17.3 Å². The van der Waals surface area contributed by atoms with Crippen LogP contribution in [0.5, 0.6) is 0 Å². The quantitative estimate of drug-likeness (QED) is 0.465. The van der Waals surface area contributed by atoms with E-state index in [1.165, 1.54) is 12.1 Å². The van der Waals surface area contributed by atoms with Crippen molar-refractivity contribution in [2.75, 3.05) is 17.2 Å². The minimum Gasteiger partial charge on any atom is -0.376 e. The molecule has 3 N–H and O–H groups in total. The van der Waals surface area contributed by atoms with Gasteiger partial charge in [0.1, 0.15) is 11.5 Å². The summed E-state index contributed by atoms with van der Waals surface area (Å²) in [6.07, 6.45) is 1.73. The number of fused-ring (bicyclic) bond motifs is 1. The normalized spacial score (nSPS) is 10.8. The molecular weight excluding hydrogens is 381 g/mol. The molecule has 0 aliphatic rings. The molecule has 0 saturated carbocycles. The number of aromatic amines is 1. The number of nitrogens with one attached hydrogen (secondary N) is 3. The Bertz CT molecular complexity index is 1130. The fraction of sp³-hybridized carbons (Fsp3) is 0.0500. The summed E-state index contributed by atoms with van der Waals surface area (Å²) < 4.78 is 13.0. The number of benzene rings is 2. The third kappa shape index (κ3) is 3.79. The molecule has 8 heteroatoms. The van der Waals surface area contributed by atoms with Crippen molar-refractivity contribution in [3.63, 3.8) is 0 Å². The molecule has 6 nitrogen and oxygen atoms in total. The highest BCUT2D eigenvalue weighted by molar-refractivity contribution is 6.35. The molecule has 0 spiro atoms. The van der Waals surface area contributed by atoms with Crippen LogP contribution < -0.4 is 10.6 Å². The van der Waals surface area contributed by atoms with Crippen LogP contribution in [-0.2, 0) is 4.79 Å². The second-order valence-electron chi connectivity index (χ2n) is 6.05. The minimum absolute atomic E-state index is 0.0110. The largest absolute Gasteiger partial charge is 0.376 e. The molecule has 2 aromatic carbocycles. The molecule has 0 unspecified atom stereocenters. The molecule has 0 aliphatic carbocycles. The van der Waals surface area contributed by atoms with Gasteiger partial charge >= 0.3 is 0 Å². The molecule has 0 atom stereocenters. The van der Waals surface area contributed by atoms with E-state index < -0.39 is 0 Å². The fourth-order valence-corrected chi connectivity index (χ4v) is 3.00. The average Bonchev–Trinajstić information content (AvgIpc) is 3.24. The van der Waals surface area contributed by atoms with E-state index in [-0.39, 0.29) is 18.3 Å². The van der Waals surface area contributed by atoms with Gasteiger partial charge < -0.3 is 10.6 Å². The van der Waals surface area contributed by atoms with E-state index in [2.05, 4.69) is 25.8 Å². The van der Waals surface area contributed by atoms with Crippen LogP contribution in [0.2, 0.25) is 5.02 Å². The molecule has 140 valence electrons. The Labute approximate surface area is 164 Å². The van der Waals surface area contributed by atoms with Gasteiger partial charge in [-0.2, -0.15) is 5.10 Å². The smallest absolute Gasteiger partial charge is 0.243 e. The third-order valence-electron chi connectivity index (χ3n) is 4.15. The first-order valence-corrected chi connectivity index (χ1v) is 8.87. The molecule has 2 aromatic heterocycles. The maximum absolute atomic E-state index is 13.0. The van der Waals surface area contributed by atoms with Gasteiger partial charge in [0.2, 0.25) is 5.91 Å². The molecule has 0 aliphatic heterocycles. The number of hydrogen-bond donors (Lipinski definition) is 3. The zero-order valence-electron chi connectivity index (χ0n) is 14.5. The SMILES string of the molecule is O=C(CNc1ccc(F)cc1)Nc1c(Cl)ccc2nc(-c3cc[nH]n3)ccc12. The van der Waals surface area contributed by atoms with Gasteiger partial charge in [-0.05, 0) is 54.6 Å². The lowest BCUT2D eigenvalue weighted by atomic mass is 10.1. The lowest BCUT2D eigenvalue weighted by Crippen LogP contribution is -2.22. The average molecular weight is 396 g/mol. The molecular formula is C20H15ClFN5O. The summed E-state index contributed by atoms with van der Waals surface area (Å²) in [6, 6.07) is 14.8. The number of carbonyl (C=O) groups is 1. The maximum atomic E-state index is 13.0. The standard InChI is InChI=1S/C20H15ClFN5O/c21-15-6-8-16-14(5-7-17(25-16)18-9-10-24-27-18)20(15)26-19(28)11-23-13-3-1-12(22)2-4-13/h1-10,23H,11H2,(H,24,27)(H,26,28). The fourth-order valence-electron chi connectivity index (χ4n) is 2.78. The number of aromatic nitrogens is 3. The highest BCUT2D eigenvalue weighted by Crippen LogP contribution is 2.31. The molecule has 4 aromatic rings. The maximum Gasteiger partial charge on any atom is 0.243 e. The number of anilines is 2. The minimum atomic E-state index is -0.334. The summed E-state index contributed by atoms with van der Waals surface area (Å²) in [6.45, 7) is 0.0110. The molecule has 0 radical (unpaired) electrons. The Balaban J connectivity index is 1.54. The zero-order chi connectivity index (χ0) is 19.5. The molecule has 0 fully saturated rings. The summed E-state index contributed by atoms with van der Waals surface area (Å²) in [7, 11) is 0. The van der Waals surface area contributed by atoms with E-state index in [9.17, 15) is 9.18 Å². The van der Waals surface area contributed by atoms with Gasteiger partial charge in [0.05, 0.1) is 28.5 Å². The number of pyridine rings is 1. The van der Waals surface area contributed by atoms with Crippen LogP contribution in [0.4, 0.5) is 15.8 Å². The first-order valence-electron chi connectivity index (χ1n) is 8.49. The topological polar surface area (TPSA) is 82.7 Å². The number of H-pyrrole nitrogens is 1. The number of halogens is 2. The van der Waals surface area contributed by atoms with Gasteiger partial charge in [0.15, 0.2) is 0 Å². The van der Waals surface area contributed by atoms with Crippen LogP contribution in [0.15, 0.2) is 60.8 Å². The Morgan fingerprint density at radius 2 is 1.86 bits per heavy atom. The van der Waals surface area contributed by atoms with Crippen molar-refractivity contribution in [1.82, 2.24) is 15.2 Å². The Morgan fingerprint density at radius 1 is 1.04 bits per heavy atom. The Kier molecular flexibility index (Phi) is 4.90. The van der Waals surface area contributed by atoms with E-state index in [0.717, 1.165) is 11.1 Å². The van der Waals surface area contributed by atoms with E-state index in [0.29, 0.717) is 27.6 Å². The summed E-state index contributed by atoms with van der Waals surface area (Å²) in [4.78, 5) is 16.9. The molecule has 0 bridgehead atoms. The van der Waals surface area contributed by atoms with Gasteiger partial charge in [-0.1, -0.05) is 11.6 Å². The molecule has 4 rings (SSSR count). The zero-order valence-corrected chi connectivity index (χ0v) is 15.3. The molecule has 1 amide bonds. The van der Waals surface area contributed by atoms with Crippen molar-refractivity contribution in [1.29, 1.82) is 0 Å². The summed E-state index contributed by atoms with van der Waals surface area (Å²) in [5.74, 6) is -0.616. The Morgan fingerprint density at radius 3 is 2.61 bits per heavy atom. The van der Waals surface area contributed by atoms with Crippen LogP contribution in [0, 0.1) is 5.82 Å². The monoisotopic (exact) mass is 395 g/mol.